The van der Waals surface area contributed by atoms with E-state index in [0.29, 0.717) is 11.1 Å². The lowest BCUT2D eigenvalue weighted by Crippen LogP contribution is -2.29. The largest absolute Gasteiger partial charge is 0.271 e. The number of nitrogens with one attached hydrogen (secondary N) is 1. The predicted molar refractivity (Wildman–Crippen MR) is 66.7 cm³/mol. The Morgan fingerprint density at radius 3 is 2.33 bits per heavy atom. The van der Waals surface area contributed by atoms with Crippen LogP contribution in [0.3, 0.4) is 0 Å². The van der Waals surface area contributed by atoms with Crippen molar-refractivity contribution in [3.63, 3.8) is 0 Å². The summed E-state index contributed by atoms with van der Waals surface area (Å²) in [5.41, 5.74) is 4.70. The quantitative estimate of drug-likeness (QED) is 0.647. The molecule has 0 aliphatic heterocycles. The van der Waals surface area contributed by atoms with E-state index in [2.05, 4.69) is 5.43 Å². The summed E-state index contributed by atoms with van der Waals surface area (Å²) < 4.78 is 26.6. The first kappa shape index (κ1) is 12.7. The number of halogens is 2. The Balaban J connectivity index is 2.45. The summed E-state index contributed by atoms with van der Waals surface area (Å²) in [6.45, 7) is 1.80. The molecule has 0 aliphatic carbocycles. The van der Waals surface area contributed by atoms with Gasteiger partial charge in [-0.05, 0) is 47.9 Å². The van der Waals surface area contributed by atoms with E-state index in [9.17, 15) is 8.78 Å². The van der Waals surface area contributed by atoms with Crippen LogP contribution in [0.25, 0.3) is 0 Å². The van der Waals surface area contributed by atoms with Crippen LogP contribution >= 0.6 is 0 Å². The number of benzene rings is 2. The van der Waals surface area contributed by atoms with E-state index in [1.54, 1.807) is 19.1 Å². The normalized spacial score (nSPS) is 12.4. The van der Waals surface area contributed by atoms with E-state index >= 15 is 0 Å². The lowest BCUT2D eigenvalue weighted by molar-refractivity contribution is 0.594. The summed E-state index contributed by atoms with van der Waals surface area (Å²) in [5, 5.41) is 0. The highest BCUT2D eigenvalue weighted by molar-refractivity contribution is 5.34. The molecule has 0 fully saturated rings. The fraction of sp³-hybridized carbons (Fsp3) is 0.143. The topological polar surface area (TPSA) is 38.0 Å². The molecule has 18 heavy (non-hydrogen) atoms. The summed E-state index contributed by atoms with van der Waals surface area (Å²) >= 11 is 0. The molecule has 2 aromatic rings. The van der Waals surface area contributed by atoms with Gasteiger partial charge in [-0.1, -0.05) is 18.2 Å². The van der Waals surface area contributed by atoms with Crippen LogP contribution in [0.15, 0.2) is 42.5 Å². The molecular formula is C14H14F2N2. The molecule has 0 aliphatic rings. The lowest BCUT2D eigenvalue weighted by Gasteiger charge is -2.17. The molecule has 2 rings (SSSR count). The lowest BCUT2D eigenvalue weighted by atomic mass is 9.97. The smallest absolute Gasteiger partial charge is 0.123 e. The van der Waals surface area contributed by atoms with Crippen LogP contribution in [-0.4, -0.2) is 0 Å². The van der Waals surface area contributed by atoms with Crippen LogP contribution in [-0.2, 0) is 0 Å². The summed E-state index contributed by atoms with van der Waals surface area (Å²) in [5.74, 6) is 4.81. The average molecular weight is 248 g/mol. The van der Waals surface area contributed by atoms with E-state index in [4.69, 9.17) is 5.84 Å². The van der Waals surface area contributed by atoms with Crippen LogP contribution in [0, 0.1) is 18.6 Å². The second-order valence-corrected chi connectivity index (χ2v) is 4.22. The molecule has 0 saturated carbocycles. The molecule has 0 radical (unpaired) electrons. The van der Waals surface area contributed by atoms with Gasteiger partial charge in [0.1, 0.15) is 11.6 Å². The van der Waals surface area contributed by atoms with Gasteiger partial charge in [0.25, 0.3) is 0 Å². The van der Waals surface area contributed by atoms with Crippen molar-refractivity contribution in [3.8, 4) is 0 Å². The first-order valence-corrected chi connectivity index (χ1v) is 5.59. The third-order valence-electron chi connectivity index (χ3n) is 2.75. The number of hydrogen-bond donors (Lipinski definition) is 2. The fourth-order valence-electron chi connectivity index (χ4n) is 2.00. The van der Waals surface area contributed by atoms with Crippen molar-refractivity contribution in [1.29, 1.82) is 0 Å². The number of rotatable bonds is 3. The molecule has 0 amide bonds. The molecule has 2 nitrogen and oxygen atoms in total. The number of nitrogens with two attached hydrogens (primary N) is 1. The van der Waals surface area contributed by atoms with Gasteiger partial charge in [-0.2, -0.15) is 0 Å². The molecule has 0 aromatic heterocycles. The molecule has 1 unspecified atom stereocenters. The SMILES string of the molecule is Cc1cc(F)cc(C(NN)c2cccc(F)c2)c1. The highest BCUT2D eigenvalue weighted by atomic mass is 19.1. The van der Waals surface area contributed by atoms with Gasteiger partial charge >= 0.3 is 0 Å². The number of aryl methyl sites for hydroxylation is 1. The minimum absolute atomic E-state index is 0.332. The van der Waals surface area contributed by atoms with Crippen molar-refractivity contribution < 1.29 is 8.78 Å². The molecule has 3 N–H and O–H groups in total. The monoisotopic (exact) mass is 248 g/mol. The summed E-state index contributed by atoms with van der Waals surface area (Å²) in [4.78, 5) is 0. The Morgan fingerprint density at radius 1 is 1.00 bits per heavy atom. The van der Waals surface area contributed by atoms with Gasteiger partial charge in [-0.3, -0.25) is 5.84 Å². The molecule has 4 heteroatoms. The Hall–Kier alpha value is -1.78. The minimum Gasteiger partial charge on any atom is -0.271 e. The fourth-order valence-corrected chi connectivity index (χ4v) is 2.00. The summed E-state index contributed by atoms with van der Waals surface area (Å²) in [6, 6.07) is 10.3. The van der Waals surface area contributed by atoms with Gasteiger partial charge in [-0.25, -0.2) is 14.2 Å². The Kier molecular flexibility index (Phi) is 3.69. The van der Waals surface area contributed by atoms with Crippen molar-refractivity contribution >= 4 is 0 Å². The summed E-state index contributed by atoms with van der Waals surface area (Å²) in [6.07, 6.45) is 0. The number of hydrazine groups is 1. The van der Waals surface area contributed by atoms with E-state index in [-0.39, 0.29) is 11.6 Å². The molecular weight excluding hydrogens is 234 g/mol. The maximum absolute atomic E-state index is 13.4. The maximum atomic E-state index is 13.4. The third-order valence-corrected chi connectivity index (χ3v) is 2.75. The maximum Gasteiger partial charge on any atom is 0.123 e. The molecule has 1 atom stereocenters. The summed E-state index contributed by atoms with van der Waals surface area (Å²) in [7, 11) is 0. The predicted octanol–water partition coefficient (Wildman–Crippen LogP) is 2.83. The standard InChI is InChI=1S/C14H14F2N2/c1-9-5-11(8-13(16)6-9)14(18-17)10-3-2-4-12(15)7-10/h2-8,14,18H,17H2,1H3. The van der Waals surface area contributed by atoms with Crippen molar-refractivity contribution in [2.45, 2.75) is 13.0 Å². The average Bonchev–Trinajstić information content (AvgIpc) is 2.28. The van der Waals surface area contributed by atoms with Crippen LogP contribution in [0.4, 0.5) is 8.78 Å². The molecule has 94 valence electrons. The Bertz CT molecular complexity index is 535. The zero-order chi connectivity index (χ0) is 13.1. The van der Waals surface area contributed by atoms with Crippen LogP contribution < -0.4 is 11.3 Å². The van der Waals surface area contributed by atoms with Crippen LogP contribution in [0.1, 0.15) is 22.7 Å². The molecule has 0 saturated heterocycles. The van der Waals surface area contributed by atoms with E-state index < -0.39 is 6.04 Å². The second kappa shape index (κ2) is 5.25. The number of hydrogen-bond acceptors (Lipinski definition) is 2. The first-order valence-electron chi connectivity index (χ1n) is 5.59. The Labute approximate surface area is 104 Å². The zero-order valence-electron chi connectivity index (χ0n) is 9.95. The van der Waals surface area contributed by atoms with E-state index in [1.807, 2.05) is 6.07 Å². The van der Waals surface area contributed by atoms with Crippen LogP contribution in [0.5, 0.6) is 0 Å². The third kappa shape index (κ3) is 2.72. The van der Waals surface area contributed by atoms with Crippen molar-refractivity contribution in [3.05, 3.63) is 70.8 Å². The molecule has 0 spiro atoms. The highest BCUT2D eigenvalue weighted by Crippen LogP contribution is 2.23. The Morgan fingerprint density at radius 2 is 1.72 bits per heavy atom. The van der Waals surface area contributed by atoms with E-state index in [0.717, 1.165) is 5.56 Å². The first-order chi connectivity index (χ1) is 8.60. The molecule has 2 aromatic carbocycles. The van der Waals surface area contributed by atoms with Gasteiger partial charge in [0.05, 0.1) is 6.04 Å². The van der Waals surface area contributed by atoms with Crippen molar-refractivity contribution in [1.82, 2.24) is 5.43 Å². The molecule has 0 bridgehead atoms. The molecule has 0 heterocycles. The second-order valence-electron chi connectivity index (χ2n) is 4.22. The van der Waals surface area contributed by atoms with Gasteiger partial charge in [-0.15, -0.1) is 0 Å². The highest BCUT2D eigenvalue weighted by Gasteiger charge is 2.14. The minimum atomic E-state index is -0.435. The van der Waals surface area contributed by atoms with Crippen molar-refractivity contribution in [2.24, 2.45) is 5.84 Å². The zero-order valence-corrected chi connectivity index (χ0v) is 9.95. The van der Waals surface area contributed by atoms with E-state index in [1.165, 1.54) is 24.3 Å². The van der Waals surface area contributed by atoms with Crippen LogP contribution in [0.2, 0.25) is 0 Å². The van der Waals surface area contributed by atoms with Gasteiger partial charge in [0.2, 0.25) is 0 Å². The van der Waals surface area contributed by atoms with Gasteiger partial charge < -0.3 is 0 Å². The van der Waals surface area contributed by atoms with Gasteiger partial charge in [0, 0.05) is 0 Å². The van der Waals surface area contributed by atoms with Crippen molar-refractivity contribution in [2.75, 3.05) is 0 Å². The van der Waals surface area contributed by atoms with Gasteiger partial charge in [0.15, 0.2) is 0 Å².